The summed E-state index contributed by atoms with van der Waals surface area (Å²) in [5.41, 5.74) is 3.43. The number of pyridine rings is 1. The van der Waals surface area contributed by atoms with Gasteiger partial charge in [0.25, 0.3) is 11.7 Å². The van der Waals surface area contributed by atoms with Crippen molar-refractivity contribution >= 4 is 23.1 Å². The number of ketones is 1. The first-order valence-electron chi connectivity index (χ1n) is 13.9. The molecule has 3 heterocycles. The van der Waals surface area contributed by atoms with Crippen LogP contribution in [0.2, 0.25) is 0 Å². The molecule has 4 rings (SSSR count). The molecule has 1 aliphatic rings. The molecule has 39 heavy (non-hydrogen) atoms. The molecular weight excluding hydrogens is 492 g/mol. The lowest BCUT2D eigenvalue weighted by Crippen LogP contribution is -2.38. The Morgan fingerprint density at radius 3 is 2.54 bits per heavy atom. The van der Waals surface area contributed by atoms with Crippen molar-refractivity contribution in [2.45, 2.75) is 54.0 Å². The average Bonchev–Trinajstić information content (AvgIpc) is 3.39. The number of benzene rings is 1. The standard InChI is InChI=1S/C31H40N4O4/c1-7-33(8-2)16-17-35-27(23-12-9-13-24(19-23)39-18-14-20(3)4)25(29(37)31(35)38)28(36)26-22(6)34-15-10-11-21(5)30(34)32-26/h9-13,15,19-20,27,36H,7-8,14,16-18H2,1-6H3. The van der Waals surface area contributed by atoms with Gasteiger partial charge >= 0.3 is 0 Å². The van der Waals surface area contributed by atoms with Crippen LogP contribution in [0.1, 0.15) is 62.7 Å². The molecule has 3 aromatic rings. The number of amides is 1. The summed E-state index contributed by atoms with van der Waals surface area (Å²) in [7, 11) is 0. The van der Waals surface area contributed by atoms with Crippen molar-refractivity contribution in [3.8, 4) is 5.75 Å². The molecule has 1 unspecified atom stereocenters. The molecule has 1 aliphatic heterocycles. The summed E-state index contributed by atoms with van der Waals surface area (Å²) >= 11 is 0. The molecule has 0 spiro atoms. The molecule has 1 aromatic carbocycles. The fourth-order valence-electron chi connectivity index (χ4n) is 5.11. The maximum Gasteiger partial charge on any atom is 0.295 e. The van der Waals surface area contributed by atoms with Gasteiger partial charge in [-0.15, -0.1) is 0 Å². The molecule has 0 bridgehead atoms. The number of rotatable bonds is 11. The number of ether oxygens (including phenoxy) is 1. The van der Waals surface area contributed by atoms with Gasteiger partial charge in [-0.1, -0.05) is 45.9 Å². The van der Waals surface area contributed by atoms with Gasteiger partial charge in [0, 0.05) is 19.3 Å². The van der Waals surface area contributed by atoms with Gasteiger partial charge in [0.2, 0.25) is 0 Å². The van der Waals surface area contributed by atoms with E-state index in [1.165, 1.54) is 0 Å². The van der Waals surface area contributed by atoms with Gasteiger partial charge in [-0.2, -0.15) is 0 Å². The number of fused-ring (bicyclic) bond motifs is 1. The van der Waals surface area contributed by atoms with Crippen molar-refractivity contribution in [3.05, 3.63) is 70.7 Å². The van der Waals surface area contributed by atoms with E-state index < -0.39 is 17.7 Å². The number of likely N-dealkylation sites (tertiary alicyclic amines) is 1. The molecule has 8 heteroatoms. The Labute approximate surface area is 230 Å². The summed E-state index contributed by atoms with van der Waals surface area (Å²) in [5.74, 6) is -0.385. The molecule has 8 nitrogen and oxygen atoms in total. The van der Waals surface area contributed by atoms with Crippen molar-refractivity contribution in [1.82, 2.24) is 19.2 Å². The van der Waals surface area contributed by atoms with Gasteiger partial charge in [0.05, 0.1) is 23.9 Å². The van der Waals surface area contributed by atoms with Crippen LogP contribution in [-0.2, 0) is 9.59 Å². The van der Waals surface area contributed by atoms with Crippen LogP contribution in [0.4, 0.5) is 0 Å². The third-order valence-electron chi connectivity index (χ3n) is 7.54. The number of aliphatic hydroxyl groups is 1. The molecule has 1 atom stereocenters. The second-order valence-electron chi connectivity index (χ2n) is 10.6. The molecule has 208 valence electrons. The van der Waals surface area contributed by atoms with E-state index in [9.17, 15) is 14.7 Å². The zero-order valence-corrected chi connectivity index (χ0v) is 23.9. The summed E-state index contributed by atoms with van der Waals surface area (Å²) in [4.78, 5) is 35.4. The predicted octanol–water partition coefficient (Wildman–Crippen LogP) is 5.14. The average molecular weight is 533 g/mol. The van der Waals surface area contributed by atoms with Gasteiger partial charge in [-0.05, 0) is 68.6 Å². The van der Waals surface area contributed by atoms with Crippen LogP contribution in [0.15, 0.2) is 48.2 Å². The Balaban J connectivity index is 1.82. The van der Waals surface area contributed by atoms with Crippen LogP contribution in [0.5, 0.6) is 5.75 Å². The number of hydrogen-bond acceptors (Lipinski definition) is 6. The Hall–Kier alpha value is -3.65. The number of imidazole rings is 1. The highest BCUT2D eigenvalue weighted by atomic mass is 16.5. The molecule has 0 aliphatic carbocycles. The van der Waals surface area contributed by atoms with Crippen LogP contribution in [0.3, 0.4) is 0 Å². The predicted molar refractivity (Wildman–Crippen MR) is 153 cm³/mol. The molecule has 1 N–H and O–H groups in total. The number of carbonyl (C=O) groups excluding carboxylic acids is 2. The number of likely N-dealkylation sites (N-methyl/N-ethyl adjacent to an activating group) is 1. The van der Waals surface area contributed by atoms with E-state index >= 15 is 0 Å². The Bertz CT molecular complexity index is 1390. The lowest BCUT2D eigenvalue weighted by Gasteiger charge is -2.28. The first-order chi connectivity index (χ1) is 18.7. The van der Waals surface area contributed by atoms with E-state index in [0.29, 0.717) is 48.4 Å². The Kier molecular flexibility index (Phi) is 8.75. The van der Waals surface area contributed by atoms with Crippen LogP contribution in [0, 0.1) is 19.8 Å². The number of aromatic nitrogens is 2. The second-order valence-corrected chi connectivity index (χ2v) is 10.6. The SMILES string of the molecule is CCN(CC)CCN1C(=O)C(=O)C(=C(O)c2nc3c(C)cccn3c2C)C1c1cccc(OCCC(C)C)c1. The fraction of sp³-hybridized carbons (Fsp3) is 0.452. The topological polar surface area (TPSA) is 87.4 Å². The van der Waals surface area contributed by atoms with Gasteiger partial charge in [0.1, 0.15) is 17.1 Å². The number of carbonyl (C=O) groups is 2. The number of hydrogen-bond donors (Lipinski definition) is 1. The number of aliphatic hydroxyl groups excluding tert-OH is 1. The zero-order chi connectivity index (χ0) is 28.3. The summed E-state index contributed by atoms with van der Waals surface area (Å²) in [6.07, 6.45) is 2.79. The van der Waals surface area contributed by atoms with E-state index in [1.54, 1.807) is 4.90 Å². The normalized spacial score (nSPS) is 17.2. The summed E-state index contributed by atoms with van der Waals surface area (Å²) in [6, 6.07) is 10.6. The van der Waals surface area contributed by atoms with Gasteiger partial charge < -0.3 is 24.0 Å². The minimum Gasteiger partial charge on any atom is -0.505 e. The maximum atomic E-state index is 13.5. The van der Waals surface area contributed by atoms with Crippen LogP contribution >= 0.6 is 0 Å². The molecule has 1 fully saturated rings. The quantitative estimate of drug-likeness (QED) is 0.209. The fourth-order valence-corrected chi connectivity index (χ4v) is 5.11. The van der Waals surface area contributed by atoms with Crippen LogP contribution < -0.4 is 4.74 Å². The van der Waals surface area contributed by atoms with Crippen molar-refractivity contribution in [3.63, 3.8) is 0 Å². The summed E-state index contributed by atoms with van der Waals surface area (Å²) < 4.78 is 7.89. The Morgan fingerprint density at radius 1 is 1.13 bits per heavy atom. The van der Waals surface area contributed by atoms with Crippen molar-refractivity contribution in [2.75, 3.05) is 32.8 Å². The third-order valence-corrected chi connectivity index (χ3v) is 7.54. The lowest BCUT2D eigenvalue weighted by atomic mass is 9.96. The van der Waals surface area contributed by atoms with Gasteiger partial charge in [0.15, 0.2) is 5.76 Å². The molecule has 1 amide bonds. The number of aryl methyl sites for hydroxylation is 2. The van der Waals surface area contributed by atoms with E-state index in [-0.39, 0.29) is 11.3 Å². The maximum absolute atomic E-state index is 13.5. The van der Waals surface area contributed by atoms with Gasteiger partial charge in [-0.3, -0.25) is 9.59 Å². The molecule has 0 saturated carbocycles. The van der Waals surface area contributed by atoms with Gasteiger partial charge in [-0.25, -0.2) is 4.98 Å². The summed E-state index contributed by atoms with van der Waals surface area (Å²) in [5, 5.41) is 11.6. The Morgan fingerprint density at radius 2 is 1.87 bits per heavy atom. The minimum atomic E-state index is -0.750. The largest absolute Gasteiger partial charge is 0.505 e. The van der Waals surface area contributed by atoms with E-state index in [2.05, 4.69) is 37.6 Å². The van der Waals surface area contributed by atoms with Crippen molar-refractivity contribution in [2.24, 2.45) is 5.92 Å². The van der Waals surface area contributed by atoms with E-state index in [1.807, 2.05) is 60.8 Å². The smallest absolute Gasteiger partial charge is 0.295 e. The van der Waals surface area contributed by atoms with Crippen molar-refractivity contribution in [1.29, 1.82) is 0 Å². The zero-order valence-electron chi connectivity index (χ0n) is 23.9. The number of nitrogens with zero attached hydrogens (tertiary/aromatic N) is 4. The third kappa shape index (κ3) is 5.71. The highest BCUT2D eigenvalue weighted by Gasteiger charge is 2.46. The highest BCUT2D eigenvalue weighted by Crippen LogP contribution is 2.40. The van der Waals surface area contributed by atoms with E-state index in [0.717, 1.165) is 30.6 Å². The highest BCUT2D eigenvalue weighted by molar-refractivity contribution is 6.46. The second kappa shape index (κ2) is 12.0. The van der Waals surface area contributed by atoms with Crippen LogP contribution in [0.25, 0.3) is 11.4 Å². The van der Waals surface area contributed by atoms with E-state index in [4.69, 9.17) is 4.74 Å². The number of Topliss-reactive ketones (excluding diaryl/α,β-unsaturated/α-hetero) is 1. The minimum absolute atomic E-state index is 0.0584. The molecule has 2 aromatic heterocycles. The first-order valence-corrected chi connectivity index (χ1v) is 13.9. The monoisotopic (exact) mass is 532 g/mol. The molecule has 1 saturated heterocycles. The van der Waals surface area contributed by atoms with Crippen molar-refractivity contribution < 1.29 is 19.4 Å². The molecular formula is C31H40N4O4. The first kappa shape index (κ1) is 28.4. The summed E-state index contributed by atoms with van der Waals surface area (Å²) in [6.45, 7) is 15.5. The molecule has 0 radical (unpaired) electrons. The lowest BCUT2D eigenvalue weighted by molar-refractivity contribution is -0.140. The van der Waals surface area contributed by atoms with Crippen LogP contribution in [-0.4, -0.2) is 68.8 Å².